The Bertz CT molecular complexity index is 648. The molecule has 2 atom stereocenters. The molecule has 4 N–H and O–H groups in total. The van der Waals surface area contributed by atoms with E-state index in [9.17, 15) is 14.7 Å². The van der Waals surface area contributed by atoms with E-state index in [4.69, 9.17) is 17.3 Å². The summed E-state index contributed by atoms with van der Waals surface area (Å²) in [5, 5.41) is 12.5. The number of carbonyl (C=O) groups is 2. The number of hydrogen-bond donors (Lipinski definition) is 3. The Kier molecular flexibility index (Phi) is 2.60. The van der Waals surface area contributed by atoms with Crippen LogP contribution in [0.2, 0.25) is 5.02 Å². The van der Waals surface area contributed by atoms with Crippen LogP contribution in [0.3, 0.4) is 0 Å². The largest absolute Gasteiger partial charge is 0.378 e. The summed E-state index contributed by atoms with van der Waals surface area (Å²) >= 11 is 6.74. The average Bonchev–Trinajstić information content (AvgIpc) is 2.80. The number of aliphatic imine (C=N–C) groups is 1. The first-order chi connectivity index (χ1) is 8.92. The Morgan fingerprint density at radius 1 is 1.47 bits per heavy atom. The van der Waals surface area contributed by atoms with Crippen molar-refractivity contribution in [3.8, 4) is 0 Å². The molecule has 2 aliphatic heterocycles. The van der Waals surface area contributed by atoms with Crippen LogP contribution in [0.1, 0.15) is 5.56 Å². The summed E-state index contributed by atoms with van der Waals surface area (Å²) in [5.74, 6) is -1.31. The number of hydrogen-bond acceptors (Lipinski definition) is 5. The van der Waals surface area contributed by atoms with E-state index in [0.29, 0.717) is 10.7 Å². The number of thioether (sulfide) groups is 1. The summed E-state index contributed by atoms with van der Waals surface area (Å²) in [4.78, 5) is 27.3. The predicted octanol–water partition coefficient (Wildman–Crippen LogP) is 0.436. The van der Waals surface area contributed by atoms with Gasteiger partial charge >= 0.3 is 0 Å². The normalized spacial score (nSPS) is 29.2. The van der Waals surface area contributed by atoms with Crippen molar-refractivity contribution in [3.63, 3.8) is 0 Å². The van der Waals surface area contributed by atoms with E-state index in [1.807, 2.05) is 0 Å². The van der Waals surface area contributed by atoms with Gasteiger partial charge in [-0.25, -0.2) is 0 Å². The van der Waals surface area contributed by atoms with Crippen LogP contribution in [0.5, 0.6) is 0 Å². The number of amidine groups is 1. The number of rotatable bonds is 1. The second-order valence-electron chi connectivity index (χ2n) is 4.20. The van der Waals surface area contributed by atoms with Crippen molar-refractivity contribution in [1.82, 2.24) is 0 Å². The quantitative estimate of drug-likeness (QED) is 0.697. The molecule has 2 amide bonds. The summed E-state index contributed by atoms with van der Waals surface area (Å²) in [7, 11) is 0. The minimum atomic E-state index is -2.01. The molecule has 2 aliphatic rings. The monoisotopic (exact) mass is 297 g/mol. The number of halogens is 1. The highest BCUT2D eigenvalue weighted by Gasteiger charge is 2.56. The molecule has 2 heterocycles. The van der Waals surface area contributed by atoms with Gasteiger partial charge in [0, 0.05) is 16.3 Å². The fraction of sp³-hybridized carbons (Fsp3) is 0.182. The van der Waals surface area contributed by atoms with Gasteiger partial charge in [-0.15, -0.1) is 0 Å². The molecule has 8 heteroatoms. The molecule has 0 unspecified atom stereocenters. The third-order valence-electron chi connectivity index (χ3n) is 3.05. The summed E-state index contributed by atoms with van der Waals surface area (Å²) in [6.45, 7) is 0. The molecule has 0 spiro atoms. The molecule has 0 fully saturated rings. The van der Waals surface area contributed by atoms with E-state index in [0.717, 1.165) is 11.8 Å². The third kappa shape index (κ3) is 1.66. The van der Waals surface area contributed by atoms with E-state index < -0.39 is 22.7 Å². The van der Waals surface area contributed by atoms with Crippen molar-refractivity contribution in [2.45, 2.75) is 10.9 Å². The summed E-state index contributed by atoms with van der Waals surface area (Å²) in [6.07, 6.45) is 0. The second-order valence-corrected chi connectivity index (χ2v) is 5.76. The average molecular weight is 298 g/mol. The fourth-order valence-electron chi connectivity index (χ4n) is 2.17. The van der Waals surface area contributed by atoms with Crippen LogP contribution in [0.15, 0.2) is 23.2 Å². The highest BCUT2D eigenvalue weighted by molar-refractivity contribution is 8.15. The Morgan fingerprint density at radius 2 is 2.21 bits per heavy atom. The zero-order valence-electron chi connectivity index (χ0n) is 9.38. The van der Waals surface area contributed by atoms with Gasteiger partial charge in [0.25, 0.3) is 11.8 Å². The van der Waals surface area contributed by atoms with Crippen LogP contribution in [0.25, 0.3) is 0 Å². The van der Waals surface area contributed by atoms with Crippen molar-refractivity contribution >= 4 is 46.0 Å². The van der Waals surface area contributed by atoms with Crippen LogP contribution < -0.4 is 11.1 Å². The van der Waals surface area contributed by atoms with Crippen molar-refractivity contribution in [3.05, 3.63) is 28.8 Å². The van der Waals surface area contributed by atoms with E-state index in [1.54, 1.807) is 12.1 Å². The number of nitrogens with two attached hydrogens (primary N) is 1. The first kappa shape index (κ1) is 12.5. The number of anilines is 1. The summed E-state index contributed by atoms with van der Waals surface area (Å²) in [6, 6.07) is 4.61. The number of benzene rings is 1. The summed E-state index contributed by atoms with van der Waals surface area (Å²) < 4.78 is 0. The number of aliphatic hydroxyl groups is 1. The van der Waals surface area contributed by atoms with Crippen molar-refractivity contribution in [2.24, 2.45) is 10.7 Å². The lowest BCUT2D eigenvalue weighted by molar-refractivity contribution is -0.138. The molecule has 1 aromatic rings. The van der Waals surface area contributed by atoms with Crippen molar-refractivity contribution < 1.29 is 14.7 Å². The zero-order chi connectivity index (χ0) is 13.8. The lowest BCUT2D eigenvalue weighted by atomic mass is 9.91. The van der Waals surface area contributed by atoms with Gasteiger partial charge in [0.1, 0.15) is 5.25 Å². The number of nitrogens with one attached hydrogen (secondary N) is 1. The second kappa shape index (κ2) is 3.96. The molecular weight excluding hydrogens is 290 g/mol. The van der Waals surface area contributed by atoms with Crippen LogP contribution in [-0.4, -0.2) is 27.3 Å². The van der Waals surface area contributed by atoms with Crippen LogP contribution in [-0.2, 0) is 15.2 Å². The molecular formula is C11H8ClN3O3S. The van der Waals surface area contributed by atoms with E-state index in [2.05, 4.69) is 10.3 Å². The molecule has 0 aliphatic carbocycles. The zero-order valence-corrected chi connectivity index (χ0v) is 11.0. The Hall–Kier alpha value is -1.57. The highest BCUT2D eigenvalue weighted by atomic mass is 35.5. The fourth-order valence-corrected chi connectivity index (χ4v) is 3.28. The minimum absolute atomic E-state index is 0.0340. The van der Waals surface area contributed by atoms with Gasteiger partial charge in [-0.3, -0.25) is 9.59 Å². The maximum Gasteiger partial charge on any atom is 0.265 e. The Balaban J connectivity index is 2.13. The smallest absolute Gasteiger partial charge is 0.265 e. The molecule has 3 rings (SSSR count). The standard InChI is InChI=1S/C11H8ClN3O3S/c12-4-1-2-6-5(3-4)11(18,9(17)14-6)7-8(16)15-10(13)19-7/h1-3,7,18H,(H,14,17)(H2,13,15,16)/t7-,11+/m0/s1. The maximum atomic E-state index is 12.0. The van der Waals surface area contributed by atoms with Gasteiger partial charge in [0.05, 0.1) is 0 Å². The molecule has 1 aromatic carbocycles. The molecule has 0 bridgehead atoms. The number of fused-ring (bicyclic) bond motifs is 1. The topological polar surface area (TPSA) is 105 Å². The molecule has 6 nitrogen and oxygen atoms in total. The minimum Gasteiger partial charge on any atom is -0.378 e. The lowest BCUT2D eigenvalue weighted by Crippen LogP contribution is -2.46. The SMILES string of the molecule is NC1=NC(=O)[C@@H]([C@@]2(O)C(=O)Nc3ccc(Cl)cc32)S1. The van der Waals surface area contributed by atoms with Gasteiger partial charge < -0.3 is 16.2 Å². The van der Waals surface area contributed by atoms with Gasteiger partial charge in [0.15, 0.2) is 10.8 Å². The number of nitrogens with zero attached hydrogens (tertiary/aromatic N) is 1. The predicted molar refractivity (Wildman–Crippen MR) is 72.0 cm³/mol. The van der Waals surface area contributed by atoms with E-state index >= 15 is 0 Å². The molecule has 0 radical (unpaired) electrons. The maximum absolute atomic E-state index is 12.0. The molecule has 0 saturated carbocycles. The van der Waals surface area contributed by atoms with E-state index in [-0.39, 0.29) is 10.7 Å². The highest BCUT2D eigenvalue weighted by Crippen LogP contribution is 2.45. The van der Waals surface area contributed by atoms with Gasteiger partial charge in [-0.05, 0) is 18.2 Å². The molecule has 0 saturated heterocycles. The molecule has 0 aromatic heterocycles. The Morgan fingerprint density at radius 3 is 2.84 bits per heavy atom. The van der Waals surface area contributed by atoms with Gasteiger partial charge in [-0.1, -0.05) is 23.4 Å². The van der Waals surface area contributed by atoms with Crippen LogP contribution >= 0.6 is 23.4 Å². The molecule has 98 valence electrons. The number of carbonyl (C=O) groups excluding carboxylic acids is 2. The Labute approximate surface area is 117 Å². The van der Waals surface area contributed by atoms with Crippen molar-refractivity contribution in [2.75, 3.05) is 5.32 Å². The van der Waals surface area contributed by atoms with Gasteiger partial charge in [0.2, 0.25) is 0 Å². The summed E-state index contributed by atoms with van der Waals surface area (Å²) in [5.41, 5.74) is 4.14. The molecule has 19 heavy (non-hydrogen) atoms. The number of amides is 2. The lowest BCUT2D eigenvalue weighted by Gasteiger charge is -2.25. The van der Waals surface area contributed by atoms with E-state index in [1.165, 1.54) is 6.07 Å². The third-order valence-corrected chi connectivity index (χ3v) is 4.40. The first-order valence-electron chi connectivity index (χ1n) is 5.31. The van der Waals surface area contributed by atoms with Gasteiger partial charge in [-0.2, -0.15) is 4.99 Å². The van der Waals surface area contributed by atoms with Crippen LogP contribution in [0, 0.1) is 0 Å². The van der Waals surface area contributed by atoms with Crippen LogP contribution in [0.4, 0.5) is 5.69 Å². The van der Waals surface area contributed by atoms with Crippen molar-refractivity contribution in [1.29, 1.82) is 0 Å². The first-order valence-corrected chi connectivity index (χ1v) is 6.57.